The summed E-state index contributed by atoms with van der Waals surface area (Å²) in [6.07, 6.45) is -6.99. The van der Waals surface area contributed by atoms with Gasteiger partial charge in [-0.2, -0.15) is 24.9 Å². The number of benzene rings is 1. The second kappa shape index (κ2) is 5.88. The van der Waals surface area contributed by atoms with Gasteiger partial charge in [-0.3, -0.25) is 4.79 Å². The van der Waals surface area contributed by atoms with Crippen LogP contribution in [0.25, 0.3) is 10.9 Å². The summed E-state index contributed by atoms with van der Waals surface area (Å²) >= 11 is 0.874. The lowest BCUT2D eigenvalue weighted by Crippen LogP contribution is -2.30. The van der Waals surface area contributed by atoms with Gasteiger partial charge in [-0.1, -0.05) is 18.2 Å². The molecule has 0 fully saturated rings. The predicted octanol–water partition coefficient (Wildman–Crippen LogP) is 2.68. The Bertz CT molecular complexity index is 654. The highest BCUT2D eigenvalue weighted by atomic mass is 32.2. The fourth-order valence-corrected chi connectivity index (χ4v) is 2.64. The van der Waals surface area contributed by atoms with Gasteiger partial charge in [0, 0.05) is 22.6 Å². The van der Waals surface area contributed by atoms with Crippen molar-refractivity contribution in [3.05, 3.63) is 46.2 Å². The number of hydrogen-bond donors (Lipinski definition) is 2. The number of hydrogen-bond acceptors (Lipinski definition) is 3. The fourth-order valence-electron chi connectivity index (χ4n) is 1.67. The normalized spacial score (nSPS) is 13.6. The molecule has 20 heavy (non-hydrogen) atoms. The lowest BCUT2D eigenvalue weighted by atomic mass is 10.2. The van der Waals surface area contributed by atoms with E-state index in [9.17, 15) is 18.0 Å². The predicted molar refractivity (Wildman–Crippen MR) is 72.8 cm³/mol. The van der Waals surface area contributed by atoms with Gasteiger partial charge in [0.25, 0.3) is 5.56 Å². The molecule has 3 nitrogen and oxygen atoms in total. The van der Waals surface area contributed by atoms with Crippen molar-refractivity contribution in [1.82, 2.24) is 4.98 Å². The number of H-pyrrole nitrogens is 1. The van der Waals surface area contributed by atoms with Crippen LogP contribution in [0.3, 0.4) is 0 Å². The SMILES string of the molecule is O=c1[nH]c2ccccc2cc1CSC[C@@H](O)C(F)(F)F. The molecule has 1 aromatic heterocycles. The summed E-state index contributed by atoms with van der Waals surface area (Å²) in [5.74, 6) is -0.372. The first-order valence-electron chi connectivity index (χ1n) is 5.81. The van der Waals surface area contributed by atoms with E-state index in [1.54, 1.807) is 18.2 Å². The summed E-state index contributed by atoms with van der Waals surface area (Å²) in [5, 5.41) is 9.69. The second-order valence-corrected chi connectivity index (χ2v) is 5.31. The molecule has 0 bridgehead atoms. The number of fused-ring (bicyclic) bond motifs is 1. The van der Waals surface area contributed by atoms with Crippen LogP contribution in [0.5, 0.6) is 0 Å². The Balaban J connectivity index is 2.07. The zero-order chi connectivity index (χ0) is 14.8. The molecule has 7 heteroatoms. The first-order chi connectivity index (χ1) is 9.38. The van der Waals surface area contributed by atoms with Gasteiger partial charge in [-0.05, 0) is 17.5 Å². The van der Waals surface area contributed by atoms with Crippen molar-refractivity contribution in [2.75, 3.05) is 5.75 Å². The van der Waals surface area contributed by atoms with Crippen LogP contribution in [0.1, 0.15) is 5.56 Å². The summed E-state index contributed by atoms with van der Waals surface area (Å²) in [5.41, 5.74) is 0.752. The maximum atomic E-state index is 12.1. The molecule has 0 spiro atoms. The van der Waals surface area contributed by atoms with Crippen molar-refractivity contribution in [1.29, 1.82) is 0 Å². The summed E-state index contributed by atoms with van der Waals surface area (Å²) in [4.78, 5) is 14.4. The minimum Gasteiger partial charge on any atom is -0.383 e. The Labute approximate surface area is 116 Å². The molecule has 0 amide bonds. The van der Waals surface area contributed by atoms with Gasteiger partial charge in [0.2, 0.25) is 0 Å². The fraction of sp³-hybridized carbons (Fsp3) is 0.308. The Hall–Kier alpha value is -1.47. The Morgan fingerprint density at radius 2 is 2.00 bits per heavy atom. The molecule has 0 unspecified atom stereocenters. The molecule has 2 aromatic rings. The number of alkyl halides is 3. The number of aliphatic hydroxyl groups is 1. The Morgan fingerprint density at radius 1 is 1.30 bits per heavy atom. The van der Waals surface area contributed by atoms with Crippen LogP contribution >= 0.6 is 11.8 Å². The molecule has 1 aromatic carbocycles. The van der Waals surface area contributed by atoms with Gasteiger partial charge in [0.15, 0.2) is 6.10 Å². The van der Waals surface area contributed by atoms with E-state index in [1.165, 1.54) is 0 Å². The van der Waals surface area contributed by atoms with E-state index in [2.05, 4.69) is 4.98 Å². The van der Waals surface area contributed by atoms with Gasteiger partial charge in [0.1, 0.15) is 0 Å². The second-order valence-electron chi connectivity index (χ2n) is 4.28. The highest BCUT2D eigenvalue weighted by Crippen LogP contribution is 2.24. The minimum absolute atomic E-state index is 0.118. The molecule has 1 heterocycles. The van der Waals surface area contributed by atoms with Crippen molar-refractivity contribution < 1.29 is 18.3 Å². The van der Waals surface area contributed by atoms with Crippen LogP contribution in [-0.2, 0) is 5.75 Å². The molecular formula is C13H12F3NO2S. The van der Waals surface area contributed by atoms with Crippen LogP contribution < -0.4 is 5.56 Å². The topological polar surface area (TPSA) is 53.1 Å². The largest absolute Gasteiger partial charge is 0.415 e. The lowest BCUT2D eigenvalue weighted by Gasteiger charge is -2.13. The third kappa shape index (κ3) is 3.55. The van der Waals surface area contributed by atoms with E-state index in [1.807, 2.05) is 12.1 Å². The third-order valence-corrected chi connectivity index (χ3v) is 3.81. The van der Waals surface area contributed by atoms with Crippen molar-refractivity contribution >= 4 is 22.7 Å². The van der Waals surface area contributed by atoms with Crippen molar-refractivity contribution in [2.45, 2.75) is 18.0 Å². The number of thioether (sulfide) groups is 1. The standard InChI is InChI=1S/C13H12F3NO2S/c14-13(15,16)11(18)7-20-6-9-5-8-3-1-2-4-10(8)17-12(9)19/h1-5,11,18H,6-7H2,(H,17,19)/t11-/m1/s1. The highest BCUT2D eigenvalue weighted by molar-refractivity contribution is 7.98. The molecule has 0 aliphatic rings. The Kier molecular flexibility index (Phi) is 4.39. The minimum atomic E-state index is -4.62. The van der Waals surface area contributed by atoms with Crippen molar-refractivity contribution in [2.24, 2.45) is 0 Å². The number of para-hydroxylation sites is 1. The molecular weight excluding hydrogens is 291 g/mol. The van der Waals surface area contributed by atoms with Crippen LogP contribution in [-0.4, -0.2) is 28.1 Å². The zero-order valence-corrected chi connectivity index (χ0v) is 11.1. The van der Waals surface area contributed by atoms with Crippen LogP contribution in [0.15, 0.2) is 35.1 Å². The van der Waals surface area contributed by atoms with Gasteiger partial charge in [-0.15, -0.1) is 0 Å². The molecule has 1 atom stereocenters. The van der Waals surface area contributed by atoms with Gasteiger partial charge >= 0.3 is 6.18 Å². The molecule has 0 aliphatic heterocycles. The van der Waals surface area contributed by atoms with Crippen LogP contribution in [0.2, 0.25) is 0 Å². The van der Waals surface area contributed by atoms with E-state index < -0.39 is 18.0 Å². The molecule has 108 valence electrons. The van der Waals surface area contributed by atoms with Crippen molar-refractivity contribution in [3.8, 4) is 0 Å². The van der Waals surface area contributed by atoms with E-state index in [4.69, 9.17) is 5.11 Å². The van der Waals surface area contributed by atoms with Gasteiger partial charge < -0.3 is 10.1 Å². The molecule has 0 saturated heterocycles. The van der Waals surface area contributed by atoms with E-state index in [0.29, 0.717) is 11.1 Å². The average Bonchev–Trinajstić information content (AvgIpc) is 2.38. The number of aromatic amines is 1. The van der Waals surface area contributed by atoms with Gasteiger partial charge in [0.05, 0.1) is 0 Å². The van der Waals surface area contributed by atoms with Crippen LogP contribution in [0, 0.1) is 0 Å². The van der Waals surface area contributed by atoms with Crippen molar-refractivity contribution in [3.63, 3.8) is 0 Å². The van der Waals surface area contributed by atoms with E-state index in [0.717, 1.165) is 17.1 Å². The van der Waals surface area contributed by atoms with E-state index >= 15 is 0 Å². The number of aliphatic hydroxyl groups excluding tert-OH is 1. The average molecular weight is 303 g/mol. The molecule has 2 rings (SSSR count). The lowest BCUT2D eigenvalue weighted by molar-refractivity contribution is -0.195. The van der Waals surface area contributed by atoms with Crippen LogP contribution in [0.4, 0.5) is 13.2 Å². The first-order valence-corrected chi connectivity index (χ1v) is 6.97. The first kappa shape index (κ1) is 14.9. The maximum absolute atomic E-state index is 12.1. The molecule has 0 saturated carbocycles. The molecule has 0 radical (unpaired) electrons. The smallest absolute Gasteiger partial charge is 0.383 e. The molecule has 0 aliphatic carbocycles. The number of nitrogens with one attached hydrogen (secondary N) is 1. The maximum Gasteiger partial charge on any atom is 0.415 e. The number of pyridine rings is 1. The third-order valence-electron chi connectivity index (χ3n) is 2.74. The monoisotopic (exact) mass is 303 g/mol. The Morgan fingerprint density at radius 3 is 2.70 bits per heavy atom. The summed E-state index contributed by atoms with van der Waals surface area (Å²) in [6.45, 7) is 0. The quantitative estimate of drug-likeness (QED) is 0.913. The summed E-state index contributed by atoms with van der Waals surface area (Å²) in [6, 6.07) is 8.81. The number of aromatic nitrogens is 1. The molecule has 2 N–H and O–H groups in total. The summed E-state index contributed by atoms with van der Waals surface area (Å²) in [7, 11) is 0. The summed E-state index contributed by atoms with van der Waals surface area (Å²) < 4.78 is 36.4. The zero-order valence-electron chi connectivity index (χ0n) is 10.3. The van der Waals surface area contributed by atoms with E-state index in [-0.39, 0.29) is 11.3 Å². The number of halogens is 3. The highest BCUT2D eigenvalue weighted by Gasteiger charge is 2.37. The number of rotatable bonds is 4. The van der Waals surface area contributed by atoms with Gasteiger partial charge in [-0.25, -0.2) is 0 Å².